The normalized spacial score (nSPS) is 17.2. The molecule has 0 fully saturated rings. The maximum absolute atomic E-state index is 14.5. The van der Waals surface area contributed by atoms with Gasteiger partial charge in [-0.3, -0.25) is 9.59 Å². The predicted octanol–water partition coefficient (Wildman–Crippen LogP) is 3.50. The number of Topliss-reactive ketones (excluding diaryl/α,β-unsaturated/α-hetero) is 1. The Hall–Kier alpha value is -2.51. The molecule has 0 saturated carbocycles. The Labute approximate surface area is 154 Å². The van der Waals surface area contributed by atoms with Gasteiger partial charge in [0.15, 0.2) is 5.76 Å². The monoisotopic (exact) mass is 375 g/mol. The standard InChI is InChI=1S/C19H18FNO4S/c1-25-10-5-9-21-16(12-6-2-3-7-13(12)20)15(18(23)19(21)24)17(22)14-8-4-11-26-14/h2-4,6-8,11,16,23H,5,9-10H2,1H3/t16-/m0/s1. The first-order valence-corrected chi connectivity index (χ1v) is 9.00. The molecule has 26 heavy (non-hydrogen) atoms. The van der Waals surface area contributed by atoms with E-state index in [9.17, 15) is 19.1 Å². The molecule has 0 unspecified atom stereocenters. The van der Waals surface area contributed by atoms with Gasteiger partial charge in [0.25, 0.3) is 5.91 Å². The van der Waals surface area contributed by atoms with Gasteiger partial charge >= 0.3 is 0 Å². The van der Waals surface area contributed by atoms with Crippen LogP contribution in [-0.2, 0) is 9.53 Å². The summed E-state index contributed by atoms with van der Waals surface area (Å²) < 4.78 is 19.5. The van der Waals surface area contributed by atoms with Gasteiger partial charge in [0.1, 0.15) is 5.82 Å². The quantitative estimate of drug-likeness (QED) is 0.594. The number of benzene rings is 1. The third-order valence-corrected chi connectivity index (χ3v) is 5.11. The molecule has 0 saturated heterocycles. The van der Waals surface area contributed by atoms with Crippen molar-refractivity contribution in [1.29, 1.82) is 0 Å². The first-order valence-electron chi connectivity index (χ1n) is 8.12. The van der Waals surface area contributed by atoms with Crippen LogP contribution in [0.1, 0.15) is 27.7 Å². The van der Waals surface area contributed by atoms with E-state index in [1.54, 1.807) is 30.7 Å². The maximum Gasteiger partial charge on any atom is 0.290 e. The number of rotatable bonds is 7. The fraction of sp³-hybridized carbons (Fsp3) is 0.263. The van der Waals surface area contributed by atoms with Crippen molar-refractivity contribution in [1.82, 2.24) is 4.90 Å². The first kappa shape index (κ1) is 18.3. The van der Waals surface area contributed by atoms with Crippen LogP contribution < -0.4 is 0 Å². The van der Waals surface area contributed by atoms with Crippen molar-refractivity contribution in [3.05, 3.63) is 69.4 Å². The Bertz CT molecular complexity index is 847. The van der Waals surface area contributed by atoms with Gasteiger partial charge in [0.05, 0.1) is 16.5 Å². The summed E-state index contributed by atoms with van der Waals surface area (Å²) in [5, 5.41) is 12.1. The van der Waals surface area contributed by atoms with Crippen LogP contribution in [0.3, 0.4) is 0 Å². The second kappa shape index (κ2) is 7.80. The van der Waals surface area contributed by atoms with Crippen molar-refractivity contribution >= 4 is 23.0 Å². The molecular formula is C19H18FNO4S. The number of ether oxygens (including phenoxy) is 1. The van der Waals surface area contributed by atoms with Gasteiger partial charge in [0, 0.05) is 25.8 Å². The average Bonchev–Trinajstić information content (AvgIpc) is 3.25. The topological polar surface area (TPSA) is 66.8 Å². The zero-order valence-corrected chi connectivity index (χ0v) is 15.0. The van der Waals surface area contributed by atoms with E-state index < -0.39 is 29.3 Å². The molecule has 2 aromatic rings. The number of amides is 1. The second-order valence-electron chi connectivity index (χ2n) is 5.84. The number of thiophene rings is 1. The van der Waals surface area contributed by atoms with Crippen LogP contribution in [0.5, 0.6) is 0 Å². The highest BCUT2D eigenvalue weighted by atomic mass is 32.1. The Morgan fingerprint density at radius 3 is 2.73 bits per heavy atom. The summed E-state index contributed by atoms with van der Waals surface area (Å²) >= 11 is 1.21. The fourth-order valence-corrected chi connectivity index (χ4v) is 3.73. The lowest BCUT2D eigenvalue weighted by molar-refractivity contribution is -0.129. The van der Waals surface area contributed by atoms with Crippen molar-refractivity contribution in [3.8, 4) is 0 Å². The molecule has 136 valence electrons. The van der Waals surface area contributed by atoms with Gasteiger partial charge in [-0.25, -0.2) is 4.39 Å². The van der Waals surface area contributed by atoms with Crippen molar-refractivity contribution < 1.29 is 23.8 Å². The smallest absolute Gasteiger partial charge is 0.290 e. The maximum atomic E-state index is 14.5. The van der Waals surface area contributed by atoms with Crippen LogP contribution >= 0.6 is 11.3 Å². The van der Waals surface area contributed by atoms with E-state index in [1.165, 1.54) is 34.4 Å². The van der Waals surface area contributed by atoms with Crippen LogP contribution in [0.4, 0.5) is 4.39 Å². The lowest BCUT2D eigenvalue weighted by atomic mass is 9.95. The molecule has 1 aliphatic rings. The van der Waals surface area contributed by atoms with E-state index in [1.807, 2.05) is 0 Å². The van der Waals surface area contributed by atoms with Gasteiger partial charge in [0.2, 0.25) is 5.78 Å². The van der Waals surface area contributed by atoms with Crippen LogP contribution in [0.25, 0.3) is 0 Å². The summed E-state index contributed by atoms with van der Waals surface area (Å²) in [5.74, 6) is -2.29. The molecule has 0 radical (unpaired) electrons. The molecule has 0 bridgehead atoms. The average molecular weight is 375 g/mol. The summed E-state index contributed by atoms with van der Waals surface area (Å²) in [5.41, 5.74) is 0.0992. The SMILES string of the molecule is COCCCN1C(=O)C(O)=C(C(=O)c2cccs2)[C@@H]1c1ccccc1F. The molecule has 1 atom stereocenters. The lowest BCUT2D eigenvalue weighted by Gasteiger charge is -2.27. The molecule has 3 rings (SSSR count). The summed E-state index contributed by atoms with van der Waals surface area (Å²) in [6, 6.07) is 8.33. The minimum absolute atomic E-state index is 0.0834. The van der Waals surface area contributed by atoms with Crippen LogP contribution in [0.2, 0.25) is 0 Å². The molecule has 1 aromatic heterocycles. The van der Waals surface area contributed by atoms with Gasteiger partial charge < -0.3 is 14.7 Å². The first-order chi connectivity index (χ1) is 12.6. The van der Waals surface area contributed by atoms with Gasteiger partial charge in [-0.2, -0.15) is 0 Å². The zero-order chi connectivity index (χ0) is 18.7. The number of aliphatic hydroxyl groups excluding tert-OH is 1. The predicted molar refractivity (Wildman–Crippen MR) is 95.7 cm³/mol. The molecule has 1 aliphatic heterocycles. The molecule has 2 heterocycles. The molecular weight excluding hydrogens is 357 g/mol. The number of carbonyl (C=O) groups is 2. The van der Waals surface area contributed by atoms with E-state index in [0.717, 1.165) is 0 Å². The van der Waals surface area contributed by atoms with E-state index in [0.29, 0.717) is 17.9 Å². The molecule has 1 aromatic carbocycles. The fourth-order valence-electron chi connectivity index (χ4n) is 3.06. The third-order valence-electron chi connectivity index (χ3n) is 4.24. The molecule has 0 spiro atoms. The number of ketones is 1. The van der Waals surface area contributed by atoms with Crippen molar-refractivity contribution in [2.75, 3.05) is 20.3 Å². The Kier molecular flexibility index (Phi) is 5.49. The van der Waals surface area contributed by atoms with Gasteiger partial charge in [-0.1, -0.05) is 24.3 Å². The number of methoxy groups -OCH3 is 1. The molecule has 5 nitrogen and oxygen atoms in total. The molecule has 0 aliphatic carbocycles. The Balaban J connectivity index is 2.05. The number of aliphatic hydroxyl groups is 1. The summed E-state index contributed by atoms with van der Waals surface area (Å²) in [4.78, 5) is 27.2. The van der Waals surface area contributed by atoms with Gasteiger partial charge in [-0.05, 0) is 23.9 Å². The van der Waals surface area contributed by atoms with E-state index >= 15 is 0 Å². The van der Waals surface area contributed by atoms with E-state index in [4.69, 9.17) is 4.74 Å². The molecule has 1 N–H and O–H groups in total. The summed E-state index contributed by atoms with van der Waals surface area (Å²) in [6.45, 7) is 0.639. The van der Waals surface area contributed by atoms with Crippen molar-refractivity contribution in [3.63, 3.8) is 0 Å². The largest absolute Gasteiger partial charge is 0.503 e. The van der Waals surface area contributed by atoms with Crippen molar-refractivity contribution in [2.24, 2.45) is 0 Å². The van der Waals surface area contributed by atoms with Crippen LogP contribution in [0.15, 0.2) is 53.1 Å². The minimum atomic E-state index is -0.963. The molecule has 1 amide bonds. The Morgan fingerprint density at radius 2 is 2.08 bits per heavy atom. The second-order valence-corrected chi connectivity index (χ2v) is 6.79. The Morgan fingerprint density at radius 1 is 1.31 bits per heavy atom. The third kappa shape index (κ3) is 3.27. The van der Waals surface area contributed by atoms with Gasteiger partial charge in [-0.15, -0.1) is 11.3 Å². The lowest BCUT2D eigenvalue weighted by Crippen LogP contribution is -2.33. The number of carbonyl (C=O) groups excluding carboxylic acids is 2. The highest BCUT2D eigenvalue weighted by Gasteiger charge is 2.44. The zero-order valence-electron chi connectivity index (χ0n) is 14.1. The number of nitrogens with zero attached hydrogens (tertiary/aromatic N) is 1. The number of hydrogen-bond acceptors (Lipinski definition) is 5. The van der Waals surface area contributed by atoms with Crippen LogP contribution in [0, 0.1) is 5.82 Å². The summed E-state index contributed by atoms with van der Waals surface area (Å²) in [7, 11) is 1.54. The number of halogens is 1. The highest BCUT2D eigenvalue weighted by Crippen LogP contribution is 2.40. The molecule has 7 heteroatoms. The summed E-state index contributed by atoms with van der Waals surface area (Å²) in [6.07, 6.45) is 0.501. The number of hydrogen-bond donors (Lipinski definition) is 1. The van der Waals surface area contributed by atoms with Crippen LogP contribution in [-0.4, -0.2) is 42.0 Å². The van der Waals surface area contributed by atoms with E-state index in [2.05, 4.69) is 0 Å². The minimum Gasteiger partial charge on any atom is -0.503 e. The van der Waals surface area contributed by atoms with Crippen molar-refractivity contribution in [2.45, 2.75) is 12.5 Å². The van der Waals surface area contributed by atoms with E-state index in [-0.39, 0.29) is 17.7 Å². The highest BCUT2D eigenvalue weighted by molar-refractivity contribution is 7.12.